The number of hydrogen-bond acceptors (Lipinski definition) is 5. The normalized spacial score (nSPS) is 17.0. The first-order valence-electron chi connectivity index (χ1n) is 10.2. The Morgan fingerprint density at radius 1 is 1.14 bits per heavy atom. The van der Waals surface area contributed by atoms with Crippen LogP contribution >= 0.6 is 23.1 Å². The van der Waals surface area contributed by atoms with Crippen LogP contribution in [0.15, 0.2) is 45.7 Å². The zero-order chi connectivity index (χ0) is 19.8. The van der Waals surface area contributed by atoms with Gasteiger partial charge in [0.15, 0.2) is 5.16 Å². The summed E-state index contributed by atoms with van der Waals surface area (Å²) < 4.78 is 1.69. The molecule has 7 heteroatoms. The molecule has 3 heterocycles. The van der Waals surface area contributed by atoms with E-state index in [9.17, 15) is 9.59 Å². The van der Waals surface area contributed by atoms with Crippen LogP contribution in [0.1, 0.15) is 43.6 Å². The molecule has 0 N–H and O–H groups in total. The Morgan fingerprint density at radius 3 is 2.62 bits per heavy atom. The number of thioether (sulfide) groups is 1. The monoisotopic (exact) mass is 425 g/mol. The predicted molar refractivity (Wildman–Crippen MR) is 118 cm³/mol. The van der Waals surface area contributed by atoms with Crippen molar-refractivity contribution in [3.63, 3.8) is 0 Å². The van der Waals surface area contributed by atoms with Crippen LogP contribution in [0.2, 0.25) is 0 Å². The highest BCUT2D eigenvalue weighted by Crippen LogP contribution is 2.44. The highest BCUT2D eigenvalue weighted by Gasteiger charge is 2.29. The van der Waals surface area contributed by atoms with Crippen LogP contribution in [0.25, 0.3) is 15.9 Å². The van der Waals surface area contributed by atoms with Gasteiger partial charge in [-0.3, -0.25) is 14.2 Å². The smallest absolute Gasteiger partial charge is 0.267 e. The molecule has 1 aromatic carbocycles. The lowest BCUT2D eigenvalue weighted by atomic mass is 10.1. The molecule has 29 heavy (non-hydrogen) atoms. The van der Waals surface area contributed by atoms with E-state index in [4.69, 9.17) is 4.98 Å². The van der Waals surface area contributed by atoms with Crippen LogP contribution in [-0.4, -0.2) is 39.2 Å². The number of aromatic nitrogens is 2. The molecule has 2 fully saturated rings. The van der Waals surface area contributed by atoms with Crippen LogP contribution in [-0.2, 0) is 4.79 Å². The third kappa shape index (κ3) is 3.73. The van der Waals surface area contributed by atoms with Gasteiger partial charge in [-0.1, -0.05) is 30.0 Å². The number of benzene rings is 1. The minimum atomic E-state index is -0.0164. The van der Waals surface area contributed by atoms with Crippen molar-refractivity contribution < 1.29 is 4.79 Å². The molecule has 5 nitrogen and oxygen atoms in total. The summed E-state index contributed by atoms with van der Waals surface area (Å²) in [6, 6.07) is 9.64. The maximum Gasteiger partial charge on any atom is 0.267 e. The lowest BCUT2D eigenvalue weighted by molar-refractivity contribution is -0.129. The average Bonchev–Trinajstić information content (AvgIpc) is 3.52. The number of carbonyl (C=O) groups excluding carboxylic acids is 1. The number of fused-ring (bicyclic) bond motifs is 1. The van der Waals surface area contributed by atoms with Gasteiger partial charge in [0.05, 0.1) is 16.8 Å². The van der Waals surface area contributed by atoms with Crippen molar-refractivity contribution in [2.24, 2.45) is 0 Å². The summed E-state index contributed by atoms with van der Waals surface area (Å²) in [5.74, 6) is 0.946. The largest absolute Gasteiger partial charge is 0.342 e. The molecule has 0 unspecified atom stereocenters. The fourth-order valence-electron chi connectivity index (χ4n) is 3.95. The topological polar surface area (TPSA) is 55.2 Å². The van der Waals surface area contributed by atoms with Crippen molar-refractivity contribution in [3.8, 4) is 5.69 Å². The first-order chi connectivity index (χ1) is 14.2. The number of para-hydroxylation sites is 1. The van der Waals surface area contributed by atoms with Gasteiger partial charge in [-0.15, -0.1) is 11.3 Å². The van der Waals surface area contributed by atoms with Crippen molar-refractivity contribution in [1.82, 2.24) is 14.5 Å². The number of likely N-dealkylation sites (tertiary alicyclic amines) is 1. The lowest BCUT2D eigenvalue weighted by Gasteiger charge is -2.26. The molecule has 0 bridgehead atoms. The maximum atomic E-state index is 13.5. The van der Waals surface area contributed by atoms with Gasteiger partial charge in [0, 0.05) is 13.1 Å². The summed E-state index contributed by atoms with van der Waals surface area (Å²) in [4.78, 5) is 33.8. The summed E-state index contributed by atoms with van der Waals surface area (Å²) in [5.41, 5.74) is 1.93. The van der Waals surface area contributed by atoms with Crippen molar-refractivity contribution in [2.75, 3.05) is 18.8 Å². The zero-order valence-electron chi connectivity index (χ0n) is 16.2. The minimum absolute atomic E-state index is 0.0164. The number of carbonyl (C=O) groups is 1. The second kappa shape index (κ2) is 7.95. The molecular weight excluding hydrogens is 402 g/mol. The number of nitrogens with zero attached hydrogens (tertiary/aromatic N) is 3. The van der Waals surface area contributed by atoms with Gasteiger partial charge in [0.1, 0.15) is 4.83 Å². The van der Waals surface area contributed by atoms with Gasteiger partial charge in [0.2, 0.25) is 5.91 Å². The van der Waals surface area contributed by atoms with Crippen LogP contribution < -0.4 is 5.56 Å². The third-order valence-electron chi connectivity index (χ3n) is 5.67. The average molecular weight is 426 g/mol. The molecule has 0 radical (unpaired) electrons. The lowest BCUT2D eigenvalue weighted by Crippen LogP contribution is -2.36. The van der Waals surface area contributed by atoms with Crippen LogP contribution in [0, 0.1) is 0 Å². The number of piperidine rings is 1. The van der Waals surface area contributed by atoms with Gasteiger partial charge in [-0.2, -0.15) is 0 Å². The quantitative estimate of drug-likeness (QED) is 0.448. The molecule has 1 saturated heterocycles. The van der Waals surface area contributed by atoms with E-state index < -0.39 is 0 Å². The maximum absolute atomic E-state index is 13.5. The van der Waals surface area contributed by atoms with Crippen molar-refractivity contribution in [1.29, 1.82) is 0 Å². The van der Waals surface area contributed by atoms with Gasteiger partial charge in [-0.25, -0.2) is 4.98 Å². The molecular formula is C22H23N3O2S2. The number of hydrogen-bond donors (Lipinski definition) is 0. The fourth-order valence-corrected chi connectivity index (χ4v) is 5.93. The van der Waals surface area contributed by atoms with E-state index in [2.05, 4.69) is 5.38 Å². The second-order valence-corrected chi connectivity index (χ2v) is 9.55. The van der Waals surface area contributed by atoms with E-state index in [-0.39, 0.29) is 11.5 Å². The Labute approximate surface area is 177 Å². The molecule has 1 saturated carbocycles. The van der Waals surface area contributed by atoms with Crippen LogP contribution in [0.3, 0.4) is 0 Å². The zero-order valence-corrected chi connectivity index (χ0v) is 17.8. The highest BCUT2D eigenvalue weighted by atomic mass is 32.2. The van der Waals surface area contributed by atoms with Crippen molar-refractivity contribution in [3.05, 3.63) is 51.6 Å². The molecule has 1 aliphatic heterocycles. The van der Waals surface area contributed by atoms with Crippen LogP contribution in [0.5, 0.6) is 0 Å². The summed E-state index contributed by atoms with van der Waals surface area (Å²) in [6.07, 6.45) is 5.66. The van der Waals surface area contributed by atoms with E-state index in [1.165, 1.54) is 18.2 Å². The molecule has 3 aromatic rings. The Balaban J connectivity index is 1.53. The Morgan fingerprint density at radius 2 is 1.90 bits per heavy atom. The van der Waals surface area contributed by atoms with Crippen LogP contribution in [0.4, 0.5) is 0 Å². The third-order valence-corrected chi connectivity index (χ3v) is 7.48. The molecule has 0 atom stereocenters. The van der Waals surface area contributed by atoms with E-state index in [0.29, 0.717) is 16.8 Å². The van der Waals surface area contributed by atoms with E-state index in [0.717, 1.165) is 60.2 Å². The molecule has 5 rings (SSSR count). The summed E-state index contributed by atoms with van der Waals surface area (Å²) in [7, 11) is 0. The highest BCUT2D eigenvalue weighted by molar-refractivity contribution is 7.99. The predicted octanol–water partition coefficient (Wildman–Crippen LogP) is 4.43. The molecule has 2 aliphatic rings. The SMILES string of the molecule is O=C(CSc1nc2scc(C3CC3)c2c(=O)n1-c1ccccc1)N1CCCCC1. The molecule has 0 spiro atoms. The Hall–Kier alpha value is -2.12. The fraction of sp³-hybridized carbons (Fsp3) is 0.409. The molecule has 150 valence electrons. The number of thiophene rings is 1. The summed E-state index contributed by atoms with van der Waals surface area (Å²) in [6.45, 7) is 1.68. The summed E-state index contributed by atoms with van der Waals surface area (Å²) >= 11 is 2.92. The Bertz CT molecular complexity index is 1100. The number of rotatable bonds is 5. The Kier molecular flexibility index (Phi) is 5.18. The molecule has 2 aromatic heterocycles. The van der Waals surface area contributed by atoms with E-state index in [1.54, 1.807) is 15.9 Å². The molecule has 1 amide bonds. The minimum Gasteiger partial charge on any atom is -0.342 e. The van der Waals surface area contributed by atoms with E-state index >= 15 is 0 Å². The van der Waals surface area contributed by atoms with Gasteiger partial charge in [-0.05, 0) is 61.1 Å². The first kappa shape index (κ1) is 18.9. The summed E-state index contributed by atoms with van der Waals surface area (Å²) in [5, 5.41) is 3.45. The number of amides is 1. The van der Waals surface area contributed by atoms with Gasteiger partial charge in [0.25, 0.3) is 5.56 Å². The first-order valence-corrected chi connectivity index (χ1v) is 12.1. The van der Waals surface area contributed by atoms with Crippen molar-refractivity contribution >= 4 is 39.2 Å². The second-order valence-electron chi connectivity index (χ2n) is 7.75. The van der Waals surface area contributed by atoms with Gasteiger partial charge >= 0.3 is 0 Å². The van der Waals surface area contributed by atoms with Crippen molar-refractivity contribution in [2.45, 2.75) is 43.2 Å². The molecule has 1 aliphatic carbocycles. The standard InChI is InChI=1S/C22H23N3O2S2/c26-18(24-11-5-2-6-12-24)14-29-22-23-20-19(17(13-28-20)15-9-10-15)21(27)25(22)16-7-3-1-4-8-16/h1,3-4,7-8,13,15H,2,5-6,9-12,14H2. The van der Waals surface area contributed by atoms with E-state index in [1.807, 2.05) is 35.2 Å². The van der Waals surface area contributed by atoms with Gasteiger partial charge < -0.3 is 4.90 Å².